The summed E-state index contributed by atoms with van der Waals surface area (Å²) in [5, 5.41) is 0. The van der Waals surface area contributed by atoms with E-state index in [-0.39, 0.29) is 11.1 Å². The van der Waals surface area contributed by atoms with E-state index in [1.165, 1.54) is 12.1 Å². The first kappa shape index (κ1) is 12.4. The number of carbonyl (C=O) groups is 1. The van der Waals surface area contributed by atoms with Gasteiger partial charge < -0.3 is 0 Å². The van der Waals surface area contributed by atoms with Crippen LogP contribution in [-0.4, -0.2) is 5.78 Å². The summed E-state index contributed by atoms with van der Waals surface area (Å²) in [4.78, 5) is 11.9. The minimum absolute atomic E-state index is 0.0864. The molecular formula is C14H9F3O. The van der Waals surface area contributed by atoms with Gasteiger partial charge in [-0.15, -0.1) is 0 Å². The molecule has 0 saturated carbocycles. The zero-order valence-corrected chi connectivity index (χ0v) is 9.51. The summed E-state index contributed by atoms with van der Waals surface area (Å²) in [6.45, 7) is 1.69. The smallest absolute Gasteiger partial charge is 0.196 e. The Kier molecular flexibility index (Phi) is 3.19. The summed E-state index contributed by atoms with van der Waals surface area (Å²) in [5.74, 6) is -3.53. The van der Waals surface area contributed by atoms with Gasteiger partial charge in [0.1, 0.15) is 5.82 Å². The van der Waals surface area contributed by atoms with Crippen LogP contribution in [-0.2, 0) is 0 Å². The quantitative estimate of drug-likeness (QED) is 0.743. The lowest BCUT2D eigenvalue weighted by Gasteiger charge is -2.04. The van der Waals surface area contributed by atoms with Gasteiger partial charge in [0.25, 0.3) is 0 Å². The Morgan fingerprint density at radius 1 is 0.889 bits per heavy atom. The van der Waals surface area contributed by atoms with Crippen LogP contribution in [0.4, 0.5) is 13.2 Å². The minimum Gasteiger partial charge on any atom is -0.288 e. The third-order valence-electron chi connectivity index (χ3n) is 2.55. The number of ketones is 1. The summed E-state index contributed by atoms with van der Waals surface area (Å²) in [6, 6.07) is 6.85. The fourth-order valence-electron chi connectivity index (χ4n) is 1.60. The van der Waals surface area contributed by atoms with Gasteiger partial charge in [0.2, 0.25) is 0 Å². The lowest BCUT2D eigenvalue weighted by Crippen LogP contribution is -2.05. The molecule has 0 aromatic heterocycles. The highest BCUT2D eigenvalue weighted by Crippen LogP contribution is 2.17. The molecule has 0 spiro atoms. The van der Waals surface area contributed by atoms with Gasteiger partial charge in [-0.3, -0.25) is 4.79 Å². The molecule has 2 rings (SSSR count). The molecule has 0 unspecified atom stereocenters. The molecule has 0 heterocycles. The normalized spacial score (nSPS) is 10.4. The summed E-state index contributed by atoms with van der Waals surface area (Å²) < 4.78 is 39.3. The highest BCUT2D eigenvalue weighted by Gasteiger charge is 2.15. The highest BCUT2D eigenvalue weighted by molar-refractivity contribution is 6.09. The number of halogens is 3. The van der Waals surface area contributed by atoms with E-state index in [4.69, 9.17) is 0 Å². The Hall–Kier alpha value is -2.10. The Labute approximate surface area is 102 Å². The first-order valence-corrected chi connectivity index (χ1v) is 5.25. The van der Waals surface area contributed by atoms with Crippen LogP contribution in [0.5, 0.6) is 0 Å². The molecule has 0 aliphatic carbocycles. The van der Waals surface area contributed by atoms with Gasteiger partial charge >= 0.3 is 0 Å². The predicted molar refractivity (Wildman–Crippen MR) is 60.9 cm³/mol. The largest absolute Gasteiger partial charge is 0.288 e. The van der Waals surface area contributed by atoms with E-state index in [1.54, 1.807) is 13.0 Å². The van der Waals surface area contributed by atoms with Crippen molar-refractivity contribution in [2.24, 2.45) is 0 Å². The van der Waals surface area contributed by atoms with Crippen molar-refractivity contribution >= 4 is 5.78 Å². The maximum atomic E-state index is 13.6. The van der Waals surface area contributed by atoms with E-state index in [0.717, 1.165) is 18.2 Å². The number of hydrogen-bond acceptors (Lipinski definition) is 1. The zero-order chi connectivity index (χ0) is 13.3. The Morgan fingerprint density at radius 3 is 2.22 bits per heavy atom. The highest BCUT2D eigenvalue weighted by atomic mass is 19.2. The molecule has 0 aliphatic rings. The van der Waals surface area contributed by atoms with Crippen LogP contribution in [0.3, 0.4) is 0 Å². The van der Waals surface area contributed by atoms with Crippen molar-refractivity contribution in [3.05, 3.63) is 70.5 Å². The molecule has 0 radical (unpaired) electrons. The number of hydrogen-bond donors (Lipinski definition) is 0. The van der Waals surface area contributed by atoms with Crippen LogP contribution in [0.25, 0.3) is 0 Å². The van der Waals surface area contributed by atoms with Gasteiger partial charge in [0, 0.05) is 5.56 Å². The number of rotatable bonds is 2. The van der Waals surface area contributed by atoms with Crippen molar-refractivity contribution in [3.63, 3.8) is 0 Å². The number of aryl methyl sites for hydroxylation is 1. The molecule has 0 fully saturated rings. The lowest BCUT2D eigenvalue weighted by atomic mass is 10.0. The fourth-order valence-corrected chi connectivity index (χ4v) is 1.60. The lowest BCUT2D eigenvalue weighted by molar-refractivity contribution is 0.103. The Balaban J connectivity index is 2.44. The van der Waals surface area contributed by atoms with E-state index in [2.05, 4.69) is 0 Å². The second kappa shape index (κ2) is 4.64. The van der Waals surface area contributed by atoms with Crippen LogP contribution in [0.1, 0.15) is 21.5 Å². The van der Waals surface area contributed by atoms with Crippen LogP contribution in [0, 0.1) is 24.4 Å². The molecule has 0 amide bonds. The molecule has 0 bridgehead atoms. The molecule has 92 valence electrons. The number of benzene rings is 2. The average molecular weight is 250 g/mol. The molecule has 18 heavy (non-hydrogen) atoms. The van der Waals surface area contributed by atoms with Crippen LogP contribution in [0.15, 0.2) is 36.4 Å². The Bertz CT molecular complexity index is 620. The van der Waals surface area contributed by atoms with Crippen molar-refractivity contribution < 1.29 is 18.0 Å². The second-order valence-electron chi connectivity index (χ2n) is 3.94. The van der Waals surface area contributed by atoms with Crippen LogP contribution >= 0.6 is 0 Å². The van der Waals surface area contributed by atoms with Crippen molar-refractivity contribution in [2.45, 2.75) is 6.92 Å². The van der Waals surface area contributed by atoms with Gasteiger partial charge in [0.15, 0.2) is 17.4 Å². The van der Waals surface area contributed by atoms with Crippen molar-refractivity contribution in [3.8, 4) is 0 Å². The van der Waals surface area contributed by atoms with Gasteiger partial charge in [0.05, 0.1) is 5.56 Å². The topological polar surface area (TPSA) is 17.1 Å². The SMILES string of the molecule is Cc1ccc(C(=O)c2ccc(F)c(F)c2)c(F)c1. The molecule has 0 saturated heterocycles. The predicted octanol–water partition coefficient (Wildman–Crippen LogP) is 3.64. The first-order valence-electron chi connectivity index (χ1n) is 5.25. The number of carbonyl (C=O) groups excluding carboxylic acids is 1. The van der Waals surface area contributed by atoms with Crippen molar-refractivity contribution in [1.29, 1.82) is 0 Å². The van der Waals surface area contributed by atoms with E-state index < -0.39 is 23.2 Å². The van der Waals surface area contributed by atoms with Crippen LogP contribution < -0.4 is 0 Å². The molecule has 2 aromatic rings. The van der Waals surface area contributed by atoms with E-state index in [9.17, 15) is 18.0 Å². The monoisotopic (exact) mass is 250 g/mol. The maximum Gasteiger partial charge on any atom is 0.196 e. The zero-order valence-electron chi connectivity index (χ0n) is 9.51. The van der Waals surface area contributed by atoms with E-state index >= 15 is 0 Å². The molecule has 0 aliphatic heterocycles. The summed E-state index contributed by atoms with van der Waals surface area (Å²) in [6.07, 6.45) is 0. The molecule has 0 N–H and O–H groups in total. The van der Waals surface area contributed by atoms with Crippen molar-refractivity contribution in [2.75, 3.05) is 0 Å². The van der Waals surface area contributed by atoms with Gasteiger partial charge in [-0.2, -0.15) is 0 Å². The Morgan fingerprint density at radius 2 is 1.61 bits per heavy atom. The molecule has 1 nitrogen and oxygen atoms in total. The van der Waals surface area contributed by atoms with Gasteiger partial charge in [-0.1, -0.05) is 6.07 Å². The van der Waals surface area contributed by atoms with E-state index in [1.807, 2.05) is 0 Å². The third-order valence-corrected chi connectivity index (χ3v) is 2.55. The fraction of sp³-hybridized carbons (Fsp3) is 0.0714. The average Bonchev–Trinajstić information content (AvgIpc) is 2.32. The molecule has 4 heteroatoms. The van der Waals surface area contributed by atoms with E-state index in [0.29, 0.717) is 5.56 Å². The van der Waals surface area contributed by atoms with Crippen LogP contribution in [0.2, 0.25) is 0 Å². The summed E-state index contributed by atoms with van der Waals surface area (Å²) >= 11 is 0. The molecule has 2 aromatic carbocycles. The third kappa shape index (κ3) is 2.27. The standard InChI is InChI=1S/C14H9F3O/c1-8-2-4-10(12(16)6-8)14(18)9-3-5-11(15)13(17)7-9/h2-7H,1H3. The minimum atomic E-state index is -1.13. The second-order valence-corrected chi connectivity index (χ2v) is 3.94. The molecular weight excluding hydrogens is 241 g/mol. The summed E-state index contributed by atoms with van der Waals surface area (Å²) in [5.41, 5.74) is 0.428. The first-order chi connectivity index (χ1) is 8.49. The van der Waals surface area contributed by atoms with Gasteiger partial charge in [-0.25, -0.2) is 13.2 Å². The van der Waals surface area contributed by atoms with Gasteiger partial charge in [-0.05, 0) is 42.8 Å². The van der Waals surface area contributed by atoms with Crippen molar-refractivity contribution in [1.82, 2.24) is 0 Å². The summed E-state index contributed by atoms with van der Waals surface area (Å²) in [7, 11) is 0. The maximum absolute atomic E-state index is 13.6. The molecule has 0 atom stereocenters.